The van der Waals surface area contributed by atoms with Gasteiger partial charge in [-0.25, -0.2) is 0 Å². The quantitative estimate of drug-likeness (QED) is 0.421. The number of carbonyl (C=O) groups excluding carboxylic acids is 2. The topological polar surface area (TPSA) is 52.6 Å². The van der Waals surface area contributed by atoms with Crippen molar-refractivity contribution in [2.24, 2.45) is 5.92 Å². The Bertz CT molecular complexity index is 429. The molecule has 0 heterocycles. The number of ether oxygens (including phenoxy) is 2. The minimum atomic E-state index is -0.631. The second-order valence-corrected chi connectivity index (χ2v) is 5.37. The highest BCUT2D eigenvalue weighted by atomic mass is 16.5. The lowest BCUT2D eigenvalue weighted by Gasteiger charge is -2.10. The predicted molar refractivity (Wildman–Crippen MR) is 78.6 cm³/mol. The van der Waals surface area contributed by atoms with Gasteiger partial charge in [-0.3, -0.25) is 9.59 Å². The van der Waals surface area contributed by atoms with Crippen molar-refractivity contribution in [2.45, 2.75) is 48.0 Å². The van der Waals surface area contributed by atoms with Gasteiger partial charge < -0.3 is 9.47 Å². The van der Waals surface area contributed by atoms with Crippen LogP contribution in [-0.4, -0.2) is 11.9 Å². The van der Waals surface area contributed by atoms with E-state index in [-0.39, 0.29) is 6.42 Å². The predicted octanol–water partition coefficient (Wildman–Crippen LogP) is 3.89. The maximum atomic E-state index is 11.9. The van der Waals surface area contributed by atoms with E-state index in [4.69, 9.17) is 9.47 Å². The van der Waals surface area contributed by atoms with E-state index in [1.54, 1.807) is 6.08 Å². The fourth-order valence-electron chi connectivity index (χ4n) is 1.29. The molecule has 1 atom stereocenters. The highest BCUT2D eigenvalue weighted by Crippen LogP contribution is 2.13. The second kappa shape index (κ2) is 9.13. The Morgan fingerprint density at radius 3 is 1.80 bits per heavy atom. The van der Waals surface area contributed by atoms with E-state index in [0.717, 1.165) is 16.7 Å². The van der Waals surface area contributed by atoms with Crippen molar-refractivity contribution < 1.29 is 19.1 Å². The van der Waals surface area contributed by atoms with Crippen LogP contribution in [-0.2, 0) is 19.1 Å². The molecule has 0 bridgehead atoms. The van der Waals surface area contributed by atoms with Crippen LogP contribution in [0.5, 0.6) is 0 Å². The summed E-state index contributed by atoms with van der Waals surface area (Å²) in [5.74, 6) is -1.54. The lowest BCUT2D eigenvalue weighted by molar-refractivity contribution is -0.147. The van der Waals surface area contributed by atoms with Crippen LogP contribution in [0.15, 0.2) is 35.3 Å². The first kappa shape index (κ1) is 18.2. The molecule has 0 N–H and O–H groups in total. The standard InChI is InChI=1S/C16H24O4/c1-11(2)7-14(16(18)20-10-13(5)6)8-15(17)19-9-12(3)4/h7,9-10,14H,8H2,1-6H3. The molecule has 1 unspecified atom stereocenters. The van der Waals surface area contributed by atoms with Gasteiger partial charge in [-0.15, -0.1) is 0 Å². The molecule has 4 heteroatoms. The average Bonchev–Trinajstić information content (AvgIpc) is 2.32. The Morgan fingerprint density at radius 1 is 0.850 bits per heavy atom. The summed E-state index contributed by atoms with van der Waals surface area (Å²) in [6.07, 6.45) is 4.44. The lowest BCUT2D eigenvalue weighted by Crippen LogP contribution is -2.18. The second-order valence-electron chi connectivity index (χ2n) is 5.37. The zero-order valence-electron chi connectivity index (χ0n) is 13.1. The number of carbonyl (C=O) groups is 2. The van der Waals surface area contributed by atoms with Crippen LogP contribution in [0.25, 0.3) is 0 Å². The van der Waals surface area contributed by atoms with Gasteiger partial charge in [-0.05, 0) is 52.7 Å². The minimum Gasteiger partial charge on any atom is -0.435 e. The van der Waals surface area contributed by atoms with E-state index in [1.807, 2.05) is 41.5 Å². The third-order valence-corrected chi connectivity index (χ3v) is 2.06. The van der Waals surface area contributed by atoms with Gasteiger partial charge in [0.25, 0.3) is 0 Å². The Morgan fingerprint density at radius 2 is 1.35 bits per heavy atom. The molecule has 0 spiro atoms. The maximum Gasteiger partial charge on any atom is 0.318 e. The van der Waals surface area contributed by atoms with Crippen LogP contribution in [0, 0.1) is 5.92 Å². The molecular formula is C16H24O4. The molecule has 0 aliphatic rings. The summed E-state index contributed by atoms with van der Waals surface area (Å²) in [4.78, 5) is 23.6. The third-order valence-electron chi connectivity index (χ3n) is 2.06. The molecule has 0 aliphatic carbocycles. The molecular weight excluding hydrogens is 256 g/mol. The molecule has 4 nitrogen and oxygen atoms in total. The summed E-state index contributed by atoms with van der Waals surface area (Å²) >= 11 is 0. The van der Waals surface area contributed by atoms with Crippen LogP contribution in [0.2, 0.25) is 0 Å². The van der Waals surface area contributed by atoms with Crippen LogP contribution in [0.1, 0.15) is 48.0 Å². The highest BCUT2D eigenvalue weighted by Gasteiger charge is 2.21. The van der Waals surface area contributed by atoms with Gasteiger partial charge in [0, 0.05) is 0 Å². The van der Waals surface area contributed by atoms with E-state index in [0.29, 0.717) is 0 Å². The summed E-state index contributed by atoms with van der Waals surface area (Å²) in [7, 11) is 0. The summed E-state index contributed by atoms with van der Waals surface area (Å²) in [6.45, 7) is 11.0. The Hall–Kier alpha value is -1.84. The minimum absolute atomic E-state index is 0.0373. The zero-order valence-corrected chi connectivity index (χ0v) is 13.1. The zero-order chi connectivity index (χ0) is 15.7. The molecule has 0 amide bonds. The molecule has 112 valence electrons. The number of hydrogen-bond acceptors (Lipinski definition) is 4. The monoisotopic (exact) mass is 280 g/mol. The maximum absolute atomic E-state index is 11.9. The molecule has 0 aliphatic heterocycles. The number of allylic oxidation sites excluding steroid dienone is 3. The fourth-order valence-corrected chi connectivity index (χ4v) is 1.29. The van der Waals surface area contributed by atoms with Crippen LogP contribution >= 0.6 is 0 Å². The summed E-state index contributed by atoms with van der Waals surface area (Å²) in [5.41, 5.74) is 2.70. The molecule has 0 radical (unpaired) electrons. The van der Waals surface area contributed by atoms with Crippen LogP contribution in [0.4, 0.5) is 0 Å². The van der Waals surface area contributed by atoms with E-state index in [1.165, 1.54) is 12.5 Å². The van der Waals surface area contributed by atoms with Crippen molar-refractivity contribution in [2.75, 3.05) is 0 Å². The van der Waals surface area contributed by atoms with Gasteiger partial charge in [0.05, 0.1) is 24.9 Å². The SMILES string of the molecule is CC(C)=COC(=O)CC(C=C(C)C)C(=O)OC=C(C)C. The molecule has 20 heavy (non-hydrogen) atoms. The van der Waals surface area contributed by atoms with Crippen molar-refractivity contribution in [3.8, 4) is 0 Å². The summed E-state index contributed by atoms with van der Waals surface area (Å²) in [5, 5.41) is 0. The summed E-state index contributed by atoms with van der Waals surface area (Å²) < 4.78 is 9.96. The Labute approximate surface area is 121 Å². The van der Waals surface area contributed by atoms with Crippen molar-refractivity contribution in [1.82, 2.24) is 0 Å². The van der Waals surface area contributed by atoms with Crippen molar-refractivity contribution in [3.63, 3.8) is 0 Å². The summed E-state index contributed by atoms with van der Waals surface area (Å²) in [6, 6.07) is 0. The van der Waals surface area contributed by atoms with Crippen molar-refractivity contribution in [1.29, 1.82) is 0 Å². The normalized spacial score (nSPS) is 10.9. The molecule has 0 aromatic rings. The molecule has 0 rings (SSSR count). The van der Waals surface area contributed by atoms with Crippen LogP contribution in [0.3, 0.4) is 0 Å². The average molecular weight is 280 g/mol. The van der Waals surface area contributed by atoms with Gasteiger partial charge in [-0.1, -0.05) is 11.6 Å². The number of hydrogen-bond donors (Lipinski definition) is 0. The molecule has 0 aromatic heterocycles. The molecule has 0 fully saturated rings. The number of rotatable bonds is 6. The van der Waals surface area contributed by atoms with E-state index >= 15 is 0 Å². The molecule has 0 saturated heterocycles. The van der Waals surface area contributed by atoms with E-state index in [9.17, 15) is 9.59 Å². The van der Waals surface area contributed by atoms with E-state index < -0.39 is 17.9 Å². The first-order valence-corrected chi connectivity index (χ1v) is 6.54. The first-order valence-electron chi connectivity index (χ1n) is 6.54. The highest BCUT2D eigenvalue weighted by molar-refractivity contribution is 5.82. The van der Waals surface area contributed by atoms with Gasteiger partial charge in [0.2, 0.25) is 0 Å². The smallest absolute Gasteiger partial charge is 0.318 e. The molecule has 0 saturated carbocycles. The Kier molecular flexibility index (Phi) is 8.29. The first-order chi connectivity index (χ1) is 9.22. The lowest BCUT2D eigenvalue weighted by atomic mass is 10.0. The van der Waals surface area contributed by atoms with Crippen molar-refractivity contribution in [3.05, 3.63) is 35.3 Å². The van der Waals surface area contributed by atoms with Crippen LogP contribution < -0.4 is 0 Å². The van der Waals surface area contributed by atoms with E-state index in [2.05, 4.69) is 0 Å². The van der Waals surface area contributed by atoms with Gasteiger partial charge in [-0.2, -0.15) is 0 Å². The molecule has 0 aromatic carbocycles. The van der Waals surface area contributed by atoms with Gasteiger partial charge >= 0.3 is 11.9 Å². The van der Waals surface area contributed by atoms with Crippen molar-refractivity contribution >= 4 is 11.9 Å². The van der Waals surface area contributed by atoms with Gasteiger partial charge in [0.1, 0.15) is 0 Å². The third kappa shape index (κ3) is 9.14. The Balaban J connectivity index is 4.77. The largest absolute Gasteiger partial charge is 0.435 e. The van der Waals surface area contributed by atoms with Gasteiger partial charge in [0.15, 0.2) is 0 Å². The fraction of sp³-hybridized carbons (Fsp3) is 0.500. The number of esters is 2.